The fourth-order valence-corrected chi connectivity index (χ4v) is 3.43. The summed E-state index contributed by atoms with van der Waals surface area (Å²) in [6.07, 6.45) is 0.265. The van der Waals surface area contributed by atoms with Gasteiger partial charge in [-0.05, 0) is 27.7 Å². The molecule has 9 heteroatoms. The maximum Gasteiger partial charge on any atom is 0.411 e. The summed E-state index contributed by atoms with van der Waals surface area (Å²) >= 11 is 0. The lowest BCUT2D eigenvalue weighted by atomic mass is 10.1. The maximum absolute atomic E-state index is 12.1. The molecule has 0 unspecified atom stereocenters. The highest BCUT2D eigenvalue weighted by Gasteiger charge is 2.45. The normalized spacial score (nSPS) is 24.7. The third-order valence-electron chi connectivity index (χ3n) is 3.12. The quantitative estimate of drug-likeness (QED) is 0.786. The van der Waals surface area contributed by atoms with Crippen LogP contribution in [0, 0.1) is 0 Å². The first-order valence-corrected chi connectivity index (χ1v) is 8.38. The first-order valence-electron chi connectivity index (χ1n) is 6.54. The van der Waals surface area contributed by atoms with Crippen LogP contribution < -0.4 is 0 Å². The van der Waals surface area contributed by atoms with Crippen molar-refractivity contribution < 1.29 is 27.9 Å². The average molecular weight is 322 g/mol. The minimum absolute atomic E-state index is 0.0245. The molecular weight excluding hydrogens is 300 g/mol. The molecule has 0 spiro atoms. The Labute approximate surface area is 124 Å². The molecule has 122 valence electrons. The fraction of sp³-hybridized carbons (Fsp3) is 0.833. The van der Waals surface area contributed by atoms with Gasteiger partial charge in [-0.2, -0.15) is 4.31 Å². The van der Waals surface area contributed by atoms with E-state index in [-0.39, 0.29) is 13.1 Å². The molecule has 1 fully saturated rings. The number of nitrogens with zero attached hydrogens (tertiary/aromatic N) is 2. The van der Waals surface area contributed by atoms with Crippen LogP contribution in [0.15, 0.2) is 0 Å². The van der Waals surface area contributed by atoms with E-state index in [1.54, 1.807) is 20.8 Å². The number of carboxylic acids is 1. The van der Waals surface area contributed by atoms with Crippen molar-refractivity contribution in [1.29, 1.82) is 0 Å². The zero-order valence-corrected chi connectivity index (χ0v) is 13.7. The molecule has 0 aliphatic carbocycles. The van der Waals surface area contributed by atoms with E-state index in [4.69, 9.17) is 4.74 Å². The van der Waals surface area contributed by atoms with E-state index in [9.17, 15) is 23.1 Å². The predicted octanol–water partition coefficient (Wildman–Crippen LogP) is 0.340. The van der Waals surface area contributed by atoms with E-state index in [0.29, 0.717) is 0 Å². The first-order chi connectivity index (χ1) is 9.34. The second-order valence-electron chi connectivity index (χ2n) is 6.07. The number of piperazine rings is 1. The Morgan fingerprint density at radius 3 is 2.14 bits per heavy atom. The molecular formula is C12H22N2O6S. The van der Waals surface area contributed by atoms with Gasteiger partial charge in [0.25, 0.3) is 0 Å². The van der Waals surface area contributed by atoms with Crippen LogP contribution in [0.4, 0.5) is 4.79 Å². The smallest absolute Gasteiger partial charge is 0.411 e. The highest BCUT2D eigenvalue weighted by atomic mass is 32.2. The minimum Gasteiger partial charge on any atom is -0.480 e. The molecule has 0 saturated carbocycles. The Morgan fingerprint density at radius 2 is 1.76 bits per heavy atom. The van der Waals surface area contributed by atoms with E-state index in [0.717, 1.165) is 15.5 Å². The lowest BCUT2D eigenvalue weighted by Gasteiger charge is -2.43. The lowest BCUT2D eigenvalue weighted by molar-refractivity contribution is -0.146. The summed E-state index contributed by atoms with van der Waals surface area (Å²) in [5.74, 6) is -1.26. The van der Waals surface area contributed by atoms with Crippen molar-refractivity contribution in [1.82, 2.24) is 9.21 Å². The topological polar surface area (TPSA) is 104 Å². The second kappa shape index (κ2) is 5.80. The molecule has 21 heavy (non-hydrogen) atoms. The van der Waals surface area contributed by atoms with Crippen molar-refractivity contribution in [2.75, 3.05) is 19.3 Å². The largest absolute Gasteiger partial charge is 0.480 e. The van der Waals surface area contributed by atoms with Gasteiger partial charge in [0.05, 0.1) is 12.3 Å². The van der Waals surface area contributed by atoms with Gasteiger partial charge in [-0.1, -0.05) is 0 Å². The molecule has 2 atom stereocenters. The fourth-order valence-electron chi connectivity index (χ4n) is 2.30. The Bertz CT molecular complexity index is 524. The third-order valence-corrected chi connectivity index (χ3v) is 4.48. The number of hydrogen-bond acceptors (Lipinski definition) is 5. The van der Waals surface area contributed by atoms with Gasteiger partial charge >= 0.3 is 12.1 Å². The highest BCUT2D eigenvalue weighted by Crippen LogP contribution is 2.22. The number of carbonyl (C=O) groups excluding carboxylic acids is 1. The van der Waals surface area contributed by atoms with E-state index in [1.165, 1.54) is 6.92 Å². The van der Waals surface area contributed by atoms with Gasteiger partial charge in [-0.25, -0.2) is 18.0 Å². The Morgan fingerprint density at radius 1 is 1.24 bits per heavy atom. The van der Waals surface area contributed by atoms with E-state index in [2.05, 4.69) is 0 Å². The molecule has 0 bridgehead atoms. The number of carbonyl (C=O) groups is 2. The number of hydrogen-bond donors (Lipinski definition) is 1. The molecule has 0 aromatic carbocycles. The maximum atomic E-state index is 12.1. The van der Waals surface area contributed by atoms with E-state index >= 15 is 0 Å². The van der Waals surface area contributed by atoms with Gasteiger partial charge in [0.1, 0.15) is 11.6 Å². The summed E-state index contributed by atoms with van der Waals surface area (Å²) in [7, 11) is -3.53. The van der Waals surface area contributed by atoms with Crippen LogP contribution in [0.2, 0.25) is 0 Å². The molecule has 1 aliphatic rings. The van der Waals surface area contributed by atoms with Crippen LogP contribution in [-0.2, 0) is 19.6 Å². The molecule has 1 aliphatic heterocycles. The molecule has 1 amide bonds. The summed E-state index contributed by atoms with van der Waals surface area (Å²) in [6, 6.07) is -2.14. The number of ether oxygens (including phenoxy) is 1. The summed E-state index contributed by atoms with van der Waals surface area (Å²) in [5, 5.41) is 9.34. The summed E-state index contributed by atoms with van der Waals surface area (Å²) < 4.78 is 29.6. The molecule has 0 radical (unpaired) electrons. The predicted molar refractivity (Wildman–Crippen MR) is 75.4 cm³/mol. The summed E-state index contributed by atoms with van der Waals surface area (Å²) in [5.41, 5.74) is -0.753. The van der Waals surface area contributed by atoms with E-state index < -0.39 is 39.8 Å². The van der Waals surface area contributed by atoms with Crippen LogP contribution in [0.1, 0.15) is 27.7 Å². The molecule has 1 saturated heterocycles. The Hall–Kier alpha value is -1.35. The van der Waals surface area contributed by atoms with E-state index in [1.807, 2.05) is 0 Å². The van der Waals surface area contributed by atoms with Crippen molar-refractivity contribution in [3.05, 3.63) is 0 Å². The molecule has 1 N–H and O–H groups in total. The van der Waals surface area contributed by atoms with Gasteiger partial charge in [0.2, 0.25) is 10.0 Å². The van der Waals surface area contributed by atoms with Crippen molar-refractivity contribution >= 4 is 22.1 Å². The monoisotopic (exact) mass is 322 g/mol. The Balaban J connectivity index is 3.04. The van der Waals surface area contributed by atoms with Crippen LogP contribution in [0.3, 0.4) is 0 Å². The zero-order chi connectivity index (χ0) is 16.6. The van der Waals surface area contributed by atoms with Gasteiger partial charge in [0.15, 0.2) is 0 Å². The molecule has 1 rings (SSSR count). The third kappa shape index (κ3) is 4.31. The molecule has 8 nitrogen and oxygen atoms in total. The highest BCUT2D eigenvalue weighted by molar-refractivity contribution is 7.88. The van der Waals surface area contributed by atoms with Gasteiger partial charge in [-0.3, -0.25) is 4.90 Å². The van der Waals surface area contributed by atoms with Gasteiger partial charge in [-0.15, -0.1) is 0 Å². The summed E-state index contributed by atoms with van der Waals surface area (Å²) in [6.45, 7) is 6.52. The number of sulfonamides is 1. The molecule has 0 aromatic heterocycles. The average Bonchev–Trinajstić information content (AvgIpc) is 2.23. The van der Waals surface area contributed by atoms with Crippen molar-refractivity contribution in [3.63, 3.8) is 0 Å². The number of amides is 1. The second-order valence-corrected chi connectivity index (χ2v) is 8.01. The standard InChI is InChI=1S/C12H22N2O6S/c1-8-9(10(15)16)13(11(17)20-12(2,3)4)6-7-14(8)21(5,18)19/h8-9H,6-7H2,1-5H3,(H,15,16)/t8-,9-/m1/s1. The Kier molecular flexibility index (Phi) is 4.89. The van der Waals surface area contributed by atoms with Crippen molar-refractivity contribution in [2.45, 2.75) is 45.4 Å². The van der Waals surface area contributed by atoms with Crippen molar-refractivity contribution in [3.8, 4) is 0 Å². The number of aliphatic carboxylic acids is 1. The molecule has 1 heterocycles. The molecule has 0 aromatic rings. The van der Waals surface area contributed by atoms with Crippen LogP contribution in [0.5, 0.6) is 0 Å². The SMILES string of the molecule is C[C@@H]1[C@H](C(=O)O)N(C(=O)OC(C)(C)C)CCN1S(C)(=O)=O. The number of rotatable bonds is 2. The van der Waals surface area contributed by atoms with Crippen LogP contribution >= 0.6 is 0 Å². The first kappa shape index (κ1) is 17.7. The summed E-state index contributed by atoms with van der Waals surface area (Å²) in [4.78, 5) is 24.6. The van der Waals surface area contributed by atoms with Crippen molar-refractivity contribution in [2.24, 2.45) is 0 Å². The number of carboxylic acid groups (broad SMARTS) is 1. The van der Waals surface area contributed by atoms with Gasteiger partial charge in [0, 0.05) is 13.1 Å². The lowest BCUT2D eigenvalue weighted by Crippen LogP contribution is -2.64. The van der Waals surface area contributed by atoms with Crippen LogP contribution in [0.25, 0.3) is 0 Å². The minimum atomic E-state index is -3.53. The zero-order valence-electron chi connectivity index (χ0n) is 12.9. The van der Waals surface area contributed by atoms with Crippen LogP contribution in [-0.4, -0.2) is 71.8 Å². The van der Waals surface area contributed by atoms with Gasteiger partial charge < -0.3 is 9.84 Å².